The maximum Gasteiger partial charge on any atom is 0.202 e. The number of fused-ring (bicyclic) bond motifs is 1. The van der Waals surface area contributed by atoms with Gasteiger partial charge in [-0.1, -0.05) is 0 Å². The minimum Gasteiger partial charge on any atom is -0.440 e. The summed E-state index contributed by atoms with van der Waals surface area (Å²) in [6.07, 6.45) is 0. The van der Waals surface area contributed by atoms with Crippen molar-refractivity contribution in [2.45, 2.75) is 12.0 Å². The minimum atomic E-state index is -0.320. The van der Waals surface area contributed by atoms with Gasteiger partial charge in [0.2, 0.25) is 5.89 Å². The molecule has 0 radical (unpaired) electrons. The largest absolute Gasteiger partial charge is 0.440 e. The Hall–Kier alpha value is -1.46. The van der Waals surface area contributed by atoms with E-state index in [1.165, 1.54) is 12.1 Å². The van der Waals surface area contributed by atoms with Crippen LogP contribution in [0.15, 0.2) is 22.6 Å². The molecule has 2 atom stereocenters. The molecule has 0 spiro atoms. The molecule has 2 heterocycles. The van der Waals surface area contributed by atoms with Crippen LogP contribution in [0.3, 0.4) is 0 Å². The van der Waals surface area contributed by atoms with Crippen LogP contribution in [0.5, 0.6) is 0 Å². The normalized spacial score (nSPS) is 25.4. The number of hydrogen-bond acceptors (Lipinski definition) is 4. The van der Waals surface area contributed by atoms with E-state index in [0.717, 1.165) is 0 Å². The van der Waals surface area contributed by atoms with Crippen molar-refractivity contribution in [1.29, 1.82) is 0 Å². The smallest absolute Gasteiger partial charge is 0.202 e. The molecule has 0 saturated carbocycles. The minimum absolute atomic E-state index is 0.0320. The number of benzene rings is 1. The Morgan fingerprint density at radius 2 is 2.25 bits per heavy atom. The molecule has 3 rings (SSSR count). The molecule has 4 nitrogen and oxygen atoms in total. The molecule has 1 aromatic heterocycles. The number of nitrogens with zero attached hydrogens (tertiary/aromatic N) is 1. The zero-order chi connectivity index (χ0) is 11.1. The van der Waals surface area contributed by atoms with Crippen molar-refractivity contribution in [2.24, 2.45) is 5.73 Å². The summed E-state index contributed by atoms with van der Waals surface area (Å²) in [6.45, 7) is 1.02. The van der Waals surface area contributed by atoms with Crippen LogP contribution in [0.4, 0.5) is 4.39 Å². The molecule has 0 aliphatic carbocycles. The number of halogens is 1. The highest BCUT2D eigenvalue weighted by Gasteiger charge is 2.30. The summed E-state index contributed by atoms with van der Waals surface area (Å²) in [4.78, 5) is 4.24. The highest BCUT2D eigenvalue weighted by atomic mass is 19.1. The molecule has 1 aromatic carbocycles. The number of ether oxygens (including phenoxy) is 1. The number of rotatable bonds is 1. The van der Waals surface area contributed by atoms with Gasteiger partial charge in [-0.05, 0) is 12.1 Å². The van der Waals surface area contributed by atoms with Gasteiger partial charge < -0.3 is 14.9 Å². The lowest BCUT2D eigenvalue weighted by molar-refractivity contribution is 0.188. The van der Waals surface area contributed by atoms with E-state index in [2.05, 4.69) is 4.98 Å². The van der Waals surface area contributed by atoms with Crippen molar-refractivity contribution < 1.29 is 13.5 Å². The zero-order valence-electron chi connectivity index (χ0n) is 8.52. The molecule has 5 heteroatoms. The highest BCUT2D eigenvalue weighted by molar-refractivity contribution is 5.72. The van der Waals surface area contributed by atoms with Crippen LogP contribution in [0.2, 0.25) is 0 Å². The molecule has 84 valence electrons. The Balaban J connectivity index is 2.04. The van der Waals surface area contributed by atoms with E-state index < -0.39 is 0 Å². The molecular formula is C11H11FN2O2. The fourth-order valence-corrected chi connectivity index (χ4v) is 1.90. The second kappa shape index (κ2) is 3.54. The lowest BCUT2D eigenvalue weighted by Gasteiger charge is -2.07. The topological polar surface area (TPSA) is 61.3 Å². The molecule has 1 aliphatic heterocycles. The summed E-state index contributed by atoms with van der Waals surface area (Å²) in [5.74, 6) is 0.181. The number of aromatic nitrogens is 1. The van der Waals surface area contributed by atoms with E-state index in [-0.39, 0.29) is 17.8 Å². The van der Waals surface area contributed by atoms with Gasteiger partial charge in [0.05, 0.1) is 19.1 Å². The quantitative estimate of drug-likeness (QED) is 0.792. The first-order valence-corrected chi connectivity index (χ1v) is 5.13. The van der Waals surface area contributed by atoms with Crippen molar-refractivity contribution >= 4 is 11.1 Å². The van der Waals surface area contributed by atoms with E-state index in [9.17, 15) is 4.39 Å². The van der Waals surface area contributed by atoms with Crippen LogP contribution in [-0.2, 0) is 4.74 Å². The van der Waals surface area contributed by atoms with Crippen molar-refractivity contribution in [3.63, 3.8) is 0 Å². The van der Waals surface area contributed by atoms with Crippen LogP contribution in [0.25, 0.3) is 11.1 Å². The predicted octanol–water partition coefficient (Wildman–Crippen LogP) is 1.41. The van der Waals surface area contributed by atoms with E-state index >= 15 is 0 Å². The third kappa shape index (κ3) is 1.48. The average molecular weight is 222 g/mol. The molecule has 2 N–H and O–H groups in total. The molecule has 1 fully saturated rings. The van der Waals surface area contributed by atoms with Crippen LogP contribution in [0.1, 0.15) is 11.8 Å². The third-order valence-electron chi connectivity index (χ3n) is 2.81. The Morgan fingerprint density at radius 1 is 1.38 bits per heavy atom. The zero-order valence-corrected chi connectivity index (χ0v) is 8.52. The van der Waals surface area contributed by atoms with Gasteiger partial charge in [0.1, 0.15) is 11.3 Å². The standard InChI is InChI=1S/C11H11FN2O2/c12-6-1-2-10-9(3-6)14-11(16-10)7-4-15-5-8(7)13/h1-3,7-8H,4-5,13H2. The fraction of sp³-hybridized carbons (Fsp3) is 0.364. The van der Waals surface area contributed by atoms with E-state index in [4.69, 9.17) is 14.9 Å². The third-order valence-corrected chi connectivity index (χ3v) is 2.81. The number of oxazole rings is 1. The number of hydrogen-bond donors (Lipinski definition) is 1. The first kappa shape index (κ1) is 9.74. The summed E-state index contributed by atoms with van der Waals surface area (Å²) in [5.41, 5.74) is 6.97. The van der Waals surface area contributed by atoms with Crippen molar-refractivity contribution in [1.82, 2.24) is 4.98 Å². The second-order valence-electron chi connectivity index (χ2n) is 3.97. The predicted molar refractivity (Wildman–Crippen MR) is 55.5 cm³/mol. The fourth-order valence-electron chi connectivity index (χ4n) is 1.90. The summed E-state index contributed by atoms with van der Waals surface area (Å²) in [6, 6.07) is 4.17. The average Bonchev–Trinajstić information content (AvgIpc) is 2.82. The van der Waals surface area contributed by atoms with Crippen LogP contribution < -0.4 is 5.73 Å². The molecule has 16 heavy (non-hydrogen) atoms. The summed E-state index contributed by atoms with van der Waals surface area (Å²) in [5, 5.41) is 0. The monoisotopic (exact) mass is 222 g/mol. The van der Waals surface area contributed by atoms with Gasteiger partial charge in [-0.15, -0.1) is 0 Å². The second-order valence-corrected chi connectivity index (χ2v) is 3.97. The lowest BCUT2D eigenvalue weighted by atomic mass is 10.1. The molecule has 1 saturated heterocycles. The molecular weight excluding hydrogens is 211 g/mol. The van der Waals surface area contributed by atoms with E-state index in [1.54, 1.807) is 6.07 Å². The Morgan fingerprint density at radius 3 is 3.00 bits per heavy atom. The molecule has 2 unspecified atom stereocenters. The van der Waals surface area contributed by atoms with Crippen molar-refractivity contribution in [3.05, 3.63) is 29.9 Å². The Bertz CT molecular complexity index is 526. The van der Waals surface area contributed by atoms with Crippen LogP contribution in [-0.4, -0.2) is 24.2 Å². The van der Waals surface area contributed by atoms with Gasteiger partial charge >= 0.3 is 0 Å². The van der Waals surface area contributed by atoms with Crippen molar-refractivity contribution in [2.75, 3.05) is 13.2 Å². The van der Waals surface area contributed by atoms with Gasteiger partial charge in [-0.2, -0.15) is 0 Å². The molecule has 0 amide bonds. The van der Waals surface area contributed by atoms with Gasteiger partial charge in [-0.25, -0.2) is 9.37 Å². The van der Waals surface area contributed by atoms with Gasteiger partial charge in [-0.3, -0.25) is 0 Å². The number of nitrogens with two attached hydrogens (primary N) is 1. The van der Waals surface area contributed by atoms with E-state index in [1.807, 2.05) is 0 Å². The molecule has 0 bridgehead atoms. The maximum absolute atomic E-state index is 13.0. The summed E-state index contributed by atoms with van der Waals surface area (Å²) in [7, 11) is 0. The van der Waals surface area contributed by atoms with Crippen LogP contribution in [0, 0.1) is 5.82 Å². The van der Waals surface area contributed by atoms with E-state index in [0.29, 0.717) is 30.2 Å². The Labute approximate surface area is 91.2 Å². The summed E-state index contributed by atoms with van der Waals surface area (Å²) >= 11 is 0. The first-order valence-electron chi connectivity index (χ1n) is 5.13. The van der Waals surface area contributed by atoms with Crippen LogP contribution >= 0.6 is 0 Å². The summed E-state index contributed by atoms with van der Waals surface area (Å²) < 4.78 is 23.8. The van der Waals surface area contributed by atoms with Gasteiger partial charge in [0.15, 0.2) is 5.58 Å². The van der Waals surface area contributed by atoms with Gasteiger partial charge in [0, 0.05) is 12.1 Å². The SMILES string of the molecule is NC1COCC1c1nc2cc(F)ccc2o1. The van der Waals surface area contributed by atoms with Crippen molar-refractivity contribution in [3.8, 4) is 0 Å². The highest BCUT2D eigenvalue weighted by Crippen LogP contribution is 2.27. The maximum atomic E-state index is 13.0. The molecule has 2 aromatic rings. The Kier molecular flexibility index (Phi) is 2.15. The van der Waals surface area contributed by atoms with Gasteiger partial charge in [0.25, 0.3) is 0 Å². The lowest BCUT2D eigenvalue weighted by Crippen LogP contribution is -2.26. The first-order chi connectivity index (χ1) is 7.74. The molecule has 1 aliphatic rings.